The molecule has 37 heavy (non-hydrogen) atoms. The number of H-pyrrole nitrogens is 1. The third-order valence-corrected chi connectivity index (χ3v) is 7.52. The maximum atomic E-state index is 15.2. The number of halogens is 1. The summed E-state index contributed by atoms with van der Waals surface area (Å²) in [5, 5.41) is 10.3. The molecule has 0 spiro atoms. The Morgan fingerprint density at radius 2 is 1.92 bits per heavy atom. The van der Waals surface area contributed by atoms with Crippen LogP contribution in [0.4, 0.5) is 21.8 Å². The van der Waals surface area contributed by atoms with Crippen LogP contribution < -0.4 is 15.0 Å². The fourth-order valence-corrected chi connectivity index (χ4v) is 5.25. The molecule has 1 saturated heterocycles. The van der Waals surface area contributed by atoms with Gasteiger partial charge in [-0.15, -0.1) is 0 Å². The Morgan fingerprint density at radius 1 is 1.14 bits per heavy atom. The van der Waals surface area contributed by atoms with E-state index in [1.54, 1.807) is 12.1 Å². The average molecular weight is 526 g/mol. The number of aromatic nitrogens is 4. The van der Waals surface area contributed by atoms with E-state index < -0.39 is 15.8 Å². The Balaban J connectivity index is 1.45. The number of nitrogens with one attached hydrogen (secondary N) is 2. The molecular weight excluding hydrogens is 497 g/mol. The predicted molar refractivity (Wildman–Crippen MR) is 141 cm³/mol. The second-order valence-corrected chi connectivity index (χ2v) is 11.1. The lowest BCUT2D eigenvalue weighted by Crippen LogP contribution is -2.48. The van der Waals surface area contributed by atoms with E-state index in [0.717, 1.165) is 16.8 Å². The monoisotopic (exact) mass is 525 g/mol. The van der Waals surface area contributed by atoms with Crippen molar-refractivity contribution in [2.45, 2.75) is 20.3 Å². The molecule has 0 atom stereocenters. The summed E-state index contributed by atoms with van der Waals surface area (Å²) >= 11 is 0. The molecule has 1 aromatic carbocycles. The molecule has 2 aliphatic rings. The molecule has 0 radical (unpaired) electrons. The first kappa shape index (κ1) is 24.9. The van der Waals surface area contributed by atoms with Gasteiger partial charge in [0.25, 0.3) is 0 Å². The molecule has 0 amide bonds. The molecule has 5 rings (SSSR count). The van der Waals surface area contributed by atoms with Crippen LogP contribution in [0.15, 0.2) is 35.9 Å². The van der Waals surface area contributed by atoms with E-state index in [4.69, 9.17) is 4.74 Å². The second-order valence-electron chi connectivity index (χ2n) is 9.10. The van der Waals surface area contributed by atoms with Crippen LogP contribution in [0.3, 0.4) is 0 Å². The highest BCUT2D eigenvalue weighted by atomic mass is 32.2. The number of hydrogen-bond donors (Lipinski definition) is 2. The van der Waals surface area contributed by atoms with Crippen LogP contribution in [0.5, 0.6) is 11.8 Å². The molecule has 2 N–H and O–H groups in total. The van der Waals surface area contributed by atoms with Crippen LogP contribution >= 0.6 is 0 Å². The van der Waals surface area contributed by atoms with Crippen molar-refractivity contribution in [1.29, 1.82) is 0 Å². The average Bonchev–Trinajstić information content (AvgIpc) is 3.46. The van der Waals surface area contributed by atoms with E-state index in [1.807, 2.05) is 49.1 Å². The van der Waals surface area contributed by atoms with Gasteiger partial charge in [-0.2, -0.15) is 19.4 Å². The Morgan fingerprint density at radius 3 is 2.65 bits per heavy atom. The van der Waals surface area contributed by atoms with E-state index in [0.29, 0.717) is 55.6 Å². The third-order valence-electron chi connectivity index (χ3n) is 6.22. The number of fused-ring (bicyclic) bond motifs is 1. The van der Waals surface area contributed by atoms with Crippen molar-refractivity contribution < 1.29 is 17.5 Å². The summed E-state index contributed by atoms with van der Waals surface area (Å²) in [4.78, 5) is 10.9. The molecule has 0 saturated carbocycles. The molecule has 3 aromatic rings. The van der Waals surface area contributed by atoms with Crippen molar-refractivity contribution in [2.75, 3.05) is 42.7 Å². The number of allylic oxidation sites excluding steroid dienone is 2. The molecule has 1 fully saturated rings. The molecule has 1 aliphatic heterocycles. The molecular formula is C25H28FN7O3S. The third kappa shape index (κ3) is 5.49. The lowest BCUT2D eigenvalue weighted by atomic mass is 10.1. The topological polar surface area (TPSA) is 116 Å². The summed E-state index contributed by atoms with van der Waals surface area (Å²) in [6.45, 7) is 5.41. The van der Waals surface area contributed by atoms with Crippen LogP contribution in [0, 0.1) is 5.82 Å². The van der Waals surface area contributed by atoms with Gasteiger partial charge in [-0.05, 0) is 38.0 Å². The fraction of sp³-hybridized carbons (Fsp3) is 0.320. The predicted octanol–water partition coefficient (Wildman–Crippen LogP) is 3.95. The number of ether oxygens (including phenoxy) is 1. The number of hydrogen-bond acceptors (Lipinski definition) is 8. The smallest absolute Gasteiger partial charge is 0.326 e. The highest BCUT2D eigenvalue weighted by molar-refractivity contribution is 7.88. The fourth-order valence-electron chi connectivity index (χ4n) is 4.43. The SMILES string of the molecule is C/C=C/c1cc(Nc2cc(N3CCN(S(C)(=O)=O)CC3)nc(Oc3ccc4c(c3F)C=C(C)C4)n2)n[nH]1. The molecule has 194 valence electrons. The summed E-state index contributed by atoms with van der Waals surface area (Å²) in [6.07, 6.45) is 7.51. The largest absolute Gasteiger partial charge is 0.421 e. The van der Waals surface area contributed by atoms with Crippen molar-refractivity contribution in [3.63, 3.8) is 0 Å². The zero-order chi connectivity index (χ0) is 26.2. The van der Waals surface area contributed by atoms with E-state index >= 15 is 4.39 Å². The van der Waals surface area contributed by atoms with Gasteiger partial charge in [0.1, 0.15) is 11.6 Å². The number of anilines is 3. The quantitative estimate of drug-likeness (QED) is 0.476. The van der Waals surface area contributed by atoms with E-state index in [2.05, 4.69) is 25.5 Å². The first-order chi connectivity index (χ1) is 17.7. The molecule has 0 bridgehead atoms. The summed E-state index contributed by atoms with van der Waals surface area (Å²) in [6, 6.07) is 6.96. The summed E-state index contributed by atoms with van der Waals surface area (Å²) < 4.78 is 46.4. The Labute approximate surface area is 214 Å². The highest BCUT2D eigenvalue weighted by Gasteiger charge is 2.25. The summed E-state index contributed by atoms with van der Waals surface area (Å²) in [5.74, 6) is 1.05. The van der Waals surface area contributed by atoms with Gasteiger partial charge < -0.3 is 15.0 Å². The highest BCUT2D eigenvalue weighted by Crippen LogP contribution is 2.34. The van der Waals surface area contributed by atoms with Crippen LogP contribution in [0.2, 0.25) is 0 Å². The maximum absolute atomic E-state index is 15.2. The van der Waals surface area contributed by atoms with Crippen molar-refractivity contribution >= 4 is 39.6 Å². The van der Waals surface area contributed by atoms with Gasteiger partial charge in [-0.25, -0.2) is 12.8 Å². The van der Waals surface area contributed by atoms with Gasteiger partial charge >= 0.3 is 6.01 Å². The van der Waals surface area contributed by atoms with Crippen molar-refractivity contribution in [2.24, 2.45) is 0 Å². The van der Waals surface area contributed by atoms with Gasteiger partial charge in [0.15, 0.2) is 17.4 Å². The molecule has 0 unspecified atom stereocenters. The maximum Gasteiger partial charge on any atom is 0.326 e. The van der Waals surface area contributed by atoms with Gasteiger partial charge in [0.2, 0.25) is 10.0 Å². The first-order valence-corrected chi connectivity index (χ1v) is 13.7. The number of piperazine rings is 1. The Kier molecular flexibility index (Phi) is 6.69. The van der Waals surface area contributed by atoms with Crippen molar-refractivity contribution in [1.82, 2.24) is 24.5 Å². The summed E-state index contributed by atoms with van der Waals surface area (Å²) in [7, 11) is -3.27. The van der Waals surface area contributed by atoms with Gasteiger partial charge in [0.05, 0.1) is 11.9 Å². The summed E-state index contributed by atoms with van der Waals surface area (Å²) in [5.41, 5.74) is 3.34. The minimum absolute atomic E-state index is 0.0323. The van der Waals surface area contributed by atoms with Crippen LogP contribution in [-0.4, -0.2) is 65.3 Å². The molecule has 2 aromatic heterocycles. The van der Waals surface area contributed by atoms with Gasteiger partial charge in [-0.3, -0.25) is 5.10 Å². The molecule has 12 heteroatoms. The lowest BCUT2D eigenvalue weighted by Gasteiger charge is -2.34. The second kappa shape index (κ2) is 9.94. The van der Waals surface area contributed by atoms with Crippen LogP contribution in [-0.2, 0) is 16.4 Å². The van der Waals surface area contributed by atoms with E-state index in [9.17, 15) is 8.42 Å². The molecule has 1 aliphatic carbocycles. The normalized spacial score (nSPS) is 16.2. The van der Waals surface area contributed by atoms with Gasteiger partial charge in [0, 0.05) is 43.9 Å². The number of benzene rings is 1. The van der Waals surface area contributed by atoms with E-state index in [1.165, 1.54) is 10.6 Å². The standard InChI is InChI=1S/C25H28FN7O3S/c1-4-5-18-14-22(31-30-18)27-21-15-23(32-8-10-33(11-9-32)37(3,34)35)29-25(28-21)36-20-7-6-17-12-16(2)13-19(17)24(20)26/h4-7,13-15H,8-12H2,1-3H3,(H2,27,28,29,30,31)/b5-4+. The van der Waals surface area contributed by atoms with Crippen LogP contribution in [0.1, 0.15) is 30.7 Å². The Hall–Kier alpha value is -3.77. The van der Waals surface area contributed by atoms with E-state index in [-0.39, 0.29) is 11.8 Å². The van der Waals surface area contributed by atoms with Gasteiger partial charge in [-0.1, -0.05) is 23.8 Å². The minimum atomic E-state index is -3.27. The number of aromatic amines is 1. The minimum Gasteiger partial charge on any atom is -0.421 e. The lowest BCUT2D eigenvalue weighted by molar-refractivity contribution is 0.383. The number of rotatable bonds is 7. The van der Waals surface area contributed by atoms with Crippen molar-refractivity contribution in [3.05, 3.63) is 58.6 Å². The number of sulfonamides is 1. The van der Waals surface area contributed by atoms with Crippen molar-refractivity contribution in [3.8, 4) is 11.8 Å². The zero-order valence-corrected chi connectivity index (χ0v) is 21.6. The first-order valence-electron chi connectivity index (χ1n) is 11.9. The molecule has 10 nitrogen and oxygen atoms in total. The Bertz CT molecular complexity index is 1490. The van der Waals surface area contributed by atoms with Crippen LogP contribution in [0.25, 0.3) is 12.2 Å². The number of nitrogens with zero attached hydrogens (tertiary/aromatic N) is 5. The zero-order valence-electron chi connectivity index (χ0n) is 20.8. The molecule has 3 heterocycles.